The molecule has 2 aliphatic heterocycles. The summed E-state index contributed by atoms with van der Waals surface area (Å²) in [6, 6.07) is 0. The highest BCUT2D eigenvalue weighted by atomic mass is 16.5. The van der Waals surface area contributed by atoms with Crippen molar-refractivity contribution >= 4 is 0 Å². The van der Waals surface area contributed by atoms with E-state index < -0.39 is 0 Å². The van der Waals surface area contributed by atoms with Gasteiger partial charge in [-0.1, -0.05) is 0 Å². The maximum absolute atomic E-state index is 6.13. The van der Waals surface area contributed by atoms with Crippen LogP contribution in [0.5, 0.6) is 0 Å². The van der Waals surface area contributed by atoms with Crippen molar-refractivity contribution in [2.75, 3.05) is 33.4 Å². The number of likely N-dealkylation sites (tertiary alicyclic amines) is 1. The summed E-state index contributed by atoms with van der Waals surface area (Å²) in [6.45, 7) is 8.69. The van der Waals surface area contributed by atoms with E-state index in [4.69, 9.17) is 10.5 Å². The van der Waals surface area contributed by atoms with E-state index in [0.717, 1.165) is 25.6 Å². The third-order valence-corrected chi connectivity index (χ3v) is 4.54. The molecule has 2 heterocycles. The van der Waals surface area contributed by atoms with E-state index >= 15 is 0 Å². The monoisotopic (exact) mass is 240 g/mol. The first-order valence-corrected chi connectivity index (χ1v) is 6.97. The molecule has 17 heavy (non-hydrogen) atoms. The molecule has 0 aromatic heterocycles. The smallest absolute Gasteiger partial charge is 0.0547 e. The lowest BCUT2D eigenvalue weighted by Crippen LogP contribution is -2.54. The third kappa shape index (κ3) is 3.21. The molecule has 3 nitrogen and oxygen atoms in total. The molecule has 0 saturated carbocycles. The summed E-state index contributed by atoms with van der Waals surface area (Å²) in [6.07, 6.45) is 5.05. The molecule has 2 rings (SSSR count). The van der Waals surface area contributed by atoms with Gasteiger partial charge in [0.15, 0.2) is 0 Å². The van der Waals surface area contributed by atoms with Gasteiger partial charge in [-0.3, -0.25) is 0 Å². The van der Waals surface area contributed by atoms with Crippen LogP contribution < -0.4 is 5.73 Å². The number of nitrogens with zero attached hydrogens (tertiary/aromatic N) is 1. The first-order valence-electron chi connectivity index (χ1n) is 6.97. The van der Waals surface area contributed by atoms with E-state index in [1.165, 1.54) is 32.4 Å². The van der Waals surface area contributed by atoms with Gasteiger partial charge >= 0.3 is 0 Å². The molecule has 0 radical (unpaired) electrons. The van der Waals surface area contributed by atoms with Crippen LogP contribution in [-0.4, -0.2) is 43.8 Å². The van der Waals surface area contributed by atoms with Gasteiger partial charge in [0.2, 0.25) is 0 Å². The minimum atomic E-state index is -0.0385. The molecular formula is C14H28N2O. The van der Waals surface area contributed by atoms with E-state index in [-0.39, 0.29) is 5.54 Å². The van der Waals surface area contributed by atoms with Crippen LogP contribution in [0.25, 0.3) is 0 Å². The fourth-order valence-corrected chi connectivity index (χ4v) is 3.19. The molecule has 0 spiro atoms. The molecule has 0 aliphatic carbocycles. The topological polar surface area (TPSA) is 38.5 Å². The molecular weight excluding hydrogens is 212 g/mol. The minimum Gasteiger partial charge on any atom is -0.380 e. The first-order chi connectivity index (χ1) is 7.91. The van der Waals surface area contributed by atoms with Crippen molar-refractivity contribution < 1.29 is 4.74 Å². The predicted octanol–water partition coefficient (Wildman–Crippen LogP) is 1.86. The SMILES string of the molecule is CN1CCCC(C2(CCC(C)(C)N)COC2)C1. The molecule has 2 N–H and O–H groups in total. The average Bonchev–Trinajstić information content (AvgIpc) is 2.14. The van der Waals surface area contributed by atoms with Gasteiger partial charge in [-0.05, 0) is 59.0 Å². The normalized spacial score (nSPS) is 30.0. The van der Waals surface area contributed by atoms with Crippen LogP contribution in [0.2, 0.25) is 0 Å². The summed E-state index contributed by atoms with van der Waals surface area (Å²) in [4.78, 5) is 2.47. The van der Waals surface area contributed by atoms with E-state index in [2.05, 4.69) is 25.8 Å². The van der Waals surface area contributed by atoms with Crippen LogP contribution in [0.4, 0.5) is 0 Å². The second-order valence-electron chi connectivity index (χ2n) is 6.95. The zero-order valence-corrected chi connectivity index (χ0v) is 11.7. The molecule has 2 saturated heterocycles. The van der Waals surface area contributed by atoms with Gasteiger partial charge in [0.1, 0.15) is 0 Å². The van der Waals surface area contributed by atoms with Crippen LogP contribution >= 0.6 is 0 Å². The predicted molar refractivity (Wildman–Crippen MR) is 71.0 cm³/mol. The molecule has 100 valence electrons. The average molecular weight is 240 g/mol. The summed E-state index contributed by atoms with van der Waals surface area (Å²) < 4.78 is 5.53. The highest BCUT2D eigenvalue weighted by Crippen LogP contribution is 2.44. The Kier molecular flexibility index (Phi) is 3.81. The summed E-state index contributed by atoms with van der Waals surface area (Å²) in [5.41, 5.74) is 6.52. The number of nitrogens with two attached hydrogens (primary N) is 1. The van der Waals surface area contributed by atoms with Gasteiger partial charge in [-0.25, -0.2) is 0 Å². The van der Waals surface area contributed by atoms with Gasteiger partial charge in [-0.15, -0.1) is 0 Å². The summed E-state index contributed by atoms with van der Waals surface area (Å²) in [5, 5.41) is 0. The Labute approximate surface area is 106 Å². The Morgan fingerprint density at radius 1 is 1.41 bits per heavy atom. The molecule has 0 aromatic carbocycles. The first kappa shape index (κ1) is 13.3. The third-order valence-electron chi connectivity index (χ3n) is 4.54. The van der Waals surface area contributed by atoms with Crippen molar-refractivity contribution in [1.82, 2.24) is 4.90 Å². The lowest BCUT2D eigenvalue weighted by atomic mass is 9.66. The Morgan fingerprint density at radius 3 is 2.59 bits per heavy atom. The van der Waals surface area contributed by atoms with E-state index in [1.54, 1.807) is 0 Å². The van der Waals surface area contributed by atoms with Crippen LogP contribution in [-0.2, 0) is 4.74 Å². The van der Waals surface area contributed by atoms with E-state index in [9.17, 15) is 0 Å². The highest BCUT2D eigenvalue weighted by Gasteiger charge is 2.46. The minimum absolute atomic E-state index is 0.0385. The lowest BCUT2D eigenvalue weighted by Gasteiger charge is -2.51. The zero-order valence-electron chi connectivity index (χ0n) is 11.7. The Morgan fingerprint density at radius 2 is 2.12 bits per heavy atom. The second-order valence-corrected chi connectivity index (χ2v) is 6.95. The van der Waals surface area contributed by atoms with Crippen molar-refractivity contribution in [3.8, 4) is 0 Å². The second kappa shape index (κ2) is 4.87. The molecule has 2 aliphatic rings. The van der Waals surface area contributed by atoms with Crippen LogP contribution in [0.15, 0.2) is 0 Å². The van der Waals surface area contributed by atoms with Crippen LogP contribution in [0, 0.1) is 11.3 Å². The van der Waals surface area contributed by atoms with Gasteiger partial charge in [0.25, 0.3) is 0 Å². The Balaban J connectivity index is 1.94. The highest BCUT2D eigenvalue weighted by molar-refractivity contribution is 4.95. The van der Waals surface area contributed by atoms with Gasteiger partial charge in [-0.2, -0.15) is 0 Å². The van der Waals surface area contributed by atoms with Gasteiger partial charge in [0.05, 0.1) is 13.2 Å². The lowest BCUT2D eigenvalue weighted by molar-refractivity contribution is -0.162. The van der Waals surface area contributed by atoms with Crippen LogP contribution in [0.1, 0.15) is 39.5 Å². The van der Waals surface area contributed by atoms with E-state index in [0.29, 0.717) is 5.41 Å². The number of rotatable bonds is 4. The largest absolute Gasteiger partial charge is 0.380 e. The van der Waals surface area contributed by atoms with Crippen LogP contribution in [0.3, 0.4) is 0 Å². The Hall–Kier alpha value is -0.120. The van der Waals surface area contributed by atoms with Crippen molar-refractivity contribution in [2.45, 2.75) is 45.1 Å². The quantitative estimate of drug-likeness (QED) is 0.815. The number of ether oxygens (including phenoxy) is 1. The standard InChI is InChI=1S/C14H28N2O/c1-13(2,15)6-7-14(10-17-11-14)12-5-4-8-16(3)9-12/h12H,4-11,15H2,1-3H3. The fourth-order valence-electron chi connectivity index (χ4n) is 3.19. The van der Waals surface area contributed by atoms with E-state index in [1.807, 2.05) is 0 Å². The molecule has 1 atom stereocenters. The molecule has 0 aromatic rings. The zero-order chi connectivity index (χ0) is 12.5. The summed E-state index contributed by atoms with van der Waals surface area (Å²) in [5.74, 6) is 0.817. The maximum Gasteiger partial charge on any atom is 0.0547 e. The molecule has 0 amide bonds. The molecule has 3 heteroatoms. The summed E-state index contributed by atoms with van der Waals surface area (Å²) >= 11 is 0. The fraction of sp³-hybridized carbons (Fsp3) is 1.00. The van der Waals surface area contributed by atoms with Crippen molar-refractivity contribution in [1.29, 1.82) is 0 Å². The number of piperidine rings is 1. The van der Waals surface area contributed by atoms with Gasteiger partial charge in [0, 0.05) is 17.5 Å². The molecule has 1 unspecified atom stereocenters. The maximum atomic E-state index is 6.13. The summed E-state index contributed by atoms with van der Waals surface area (Å²) in [7, 11) is 2.24. The number of hydrogen-bond acceptors (Lipinski definition) is 3. The molecule has 2 fully saturated rings. The van der Waals surface area contributed by atoms with Crippen molar-refractivity contribution in [3.63, 3.8) is 0 Å². The Bertz CT molecular complexity index is 255. The molecule has 0 bridgehead atoms. The van der Waals surface area contributed by atoms with Crippen molar-refractivity contribution in [3.05, 3.63) is 0 Å². The van der Waals surface area contributed by atoms with Crippen molar-refractivity contribution in [2.24, 2.45) is 17.1 Å². The van der Waals surface area contributed by atoms with Gasteiger partial charge < -0.3 is 15.4 Å². The number of hydrogen-bond donors (Lipinski definition) is 1.